The summed E-state index contributed by atoms with van der Waals surface area (Å²) >= 11 is -0.0175. The Hall–Kier alpha value is 0.0300. The van der Waals surface area contributed by atoms with Gasteiger partial charge in [0.05, 0.1) is 12.5 Å². The molecule has 0 aromatic rings. The Morgan fingerprint density at radius 2 is 2.20 bits per heavy atom. The van der Waals surface area contributed by atoms with Crippen molar-refractivity contribution in [2.24, 2.45) is 5.92 Å². The number of rotatable bonds is 9. The molecule has 0 rings (SSSR count). The van der Waals surface area contributed by atoms with Crippen molar-refractivity contribution in [1.29, 1.82) is 0 Å². The highest BCUT2D eigenvalue weighted by molar-refractivity contribution is 14.2. The number of ether oxygens (including phenoxy) is 1. The SMILES string of the molecule is C=INCCCCCC(C)C(=O)OCC. The minimum atomic E-state index is -0.0563. The molecule has 0 aliphatic rings. The summed E-state index contributed by atoms with van der Waals surface area (Å²) in [4.78, 5) is 11.3. The topological polar surface area (TPSA) is 38.3 Å². The molecule has 0 saturated carbocycles. The van der Waals surface area contributed by atoms with E-state index in [4.69, 9.17) is 4.74 Å². The number of halogens is 1. The van der Waals surface area contributed by atoms with Crippen molar-refractivity contribution >= 4 is 31.5 Å². The van der Waals surface area contributed by atoms with Gasteiger partial charge in [-0.3, -0.25) is 8.32 Å². The first kappa shape index (κ1) is 15.0. The lowest BCUT2D eigenvalue weighted by Crippen LogP contribution is -2.14. The number of hydrogen-bond acceptors (Lipinski definition) is 3. The average Bonchev–Trinajstić information content (AvgIpc) is 2.23. The molecule has 0 saturated heterocycles. The van der Waals surface area contributed by atoms with Crippen LogP contribution in [0.25, 0.3) is 0 Å². The quantitative estimate of drug-likeness (QED) is 0.306. The van der Waals surface area contributed by atoms with E-state index in [1.54, 1.807) is 0 Å². The summed E-state index contributed by atoms with van der Waals surface area (Å²) in [5.74, 6) is -0.00238. The van der Waals surface area contributed by atoms with Gasteiger partial charge in [0.15, 0.2) is 0 Å². The number of esters is 1. The Morgan fingerprint density at radius 3 is 2.80 bits per heavy atom. The van der Waals surface area contributed by atoms with Crippen LogP contribution in [0.15, 0.2) is 0 Å². The summed E-state index contributed by atoms with van der Waals surface area (Å²) in [5.41, 5.74) is 0. The molecule has 0 radical (unpaired) electrons. The Kier molecular flexibility index (Phi) is 10.6. The van der Waals surface area contributed by atoms with Gasteiger partial charge in [-0.1, -0.05) is 24.3 Å². The van der Waals surface area contributed by atoms with Gasteiger partial charge in [-0.25, -0.2) is 0 Å². The van der Waals surface area contributed by atoms with Crippen LogP contribution in [0, 0.1) is 5.92 Å². The van der Waals surface area contributed by atoms with Gasteiger partial charge in [-0.05, 0) is 40.8 Å². The van der Waals surface area contributed by atoms with Crippen LogP contribution in [0.4, 0.5) is 0 Å². The first-order valence-electron chi connectivity index (χ1n) is 5.49. The smallest absolute Gasteiger partial charge is 0.308 e. The van der Waals surface area contributed by atoms with Crippen LogP contribution < -0.4 is 3.53 Å². The van der Waals surface area contributed by atoms with Gasteiger partial charge in [0.1, 0.15) is 0 Å². The van der Waals surface area contributed by atoms with Gasteiger partial charge in [0.25, 0.3) is 0 Å². The monoisotopic (exact) mass is 327 g/mol. The van der Waals surface area contributed by atoms with Gasteiger partial charge < -0.3 is 4.74 Å². The van der Waals surface area contributed by atoms with Crippen molar-refractivity contribution in [3.8, 4) is 0 Å². The Bertz CT molecular complexity index is 185. The molecular weight excluding hydrogens is 305 g/mol. The minimum absolute atomic E-state index is 0.0175. The molecule has 90 valence electrons. The highest BCUT2D eigenvalue weighted by Crippen LogP contribution is 2.10. The van der Waals surface area contributed by atoms with E-state index in [9.17, 15) is 4.79 Å². The Morgan fingerprint density at radius 1 is 1.47 bits per heavy atom. The van der Waals surface area contributed by atoms with E-state index in [0.717, 1.165) is 19.4 Å². The summed E-state index contributed by atoms with van der Waals surface area (Å²) in [7, 11) is 0. The van der Waals surface area contributed by atoms with Crippen molar-refractivity contribution in [2.45, 2.75) is 39.5 Å². The van der Waals surface area contributed by atoms with Crippen molar-refractivity contribution in [3.63, 3.8) is 0 Å². The lowest BCUT2D eigenvalue weighted by atomic mass is 10.0. The molecule has 1 unspecified atom stereocenters. The van der Waals surface area contributed by atoms with Gasteiger partial charge in [0.2, 0.25) is 0 Å². The van der Waals surface area contributed by atoms with Crippen LogP contribution in [0.3, 0.4) is 0 Å². The largest absolute Gasteiger partial charge is 0.466 e. The van der Waals surface area contributed by atoms with E-state index in [2.05, 4.69) is 8.04 Å². The molecule has 1 N–H and O–H groups in total. The van der Waals surface area contributed by atoms with Crippen LogP contribution in [0.5, 0.6) is 0 Å². The summed E-state index contributed by atoms with van der Waals surface area (Å²) in [6.45, 7) is 5.35. The second kappa shape index (κ2) is 10.5. The molecule has 0 aromatic carbocycles. The third-order valence-corrected chi connectivity index (χ3v) is 3.27. The fourth-order valence-corrected chi connectivity index (χ4v) is 2.05. The zero-order valence-electron chi connectivity index (χ0n) is 9.72. The van der Waals surface area contributed by atoms with Crippen molar-refractivity contribution in [3.05, 3.63) is 0 Å². The van der Waals surface area contributed by atoms with E-state index >= 15 is 0 Å². The molecule has 15 heavy (non-hydrogen) atoms. The Balaban J connectivity index is 3.34. The second-order valence-electron chi connectivity index (χ2n) is 3.52. The van der Waals surface area contributed by atoms with Gasteiger partial charge >= 0.3 is 5.97 Å². The van der Waals surface area contributed by atoms with Crippen molar-refractivity contribution < 1.29 is 9.53 Å². The highest BCUT2D eigenvalue weighted by Gasteiger charge is 2.12. The fraction of sp³-hybridized carbons (Fsp3) is 0.818. The number of hydrogen-bond donors (Lipinski definition) is 1. The molecule has 1 atom stereocenters. The molecule has 0 aliphatic heterocycles. The van der Waals surface area contributed by atoms with Crippen molar-refractivity contribution in [2.75, 3.05) is 13.2 Å². The van der Waals surface area contributed by atoms with Crippen LogP contribution in [-0.2, 0) is 9.53 Å². The number of unbranched alkanes of at least 4 members (excludes halogenated alkanes) is 2. The first-order valence-corrected chi connectivity index (χ1v) is 8.09. The summed E-state index contributed by atoms with van der Waals surface area (Å²) in [6, 6.07) is 0. The second-order valence-corrected chi connectivity index (χ2v) is 5.05. The first-order chi connectivity index (χ1) is 7.22. The van der Waals surface area contributed by atoms with Crippen LogP contribution in [-0.4, -0.2) is 23.6 Å². The predicted molar refractivity (Wildman–Crippen MR) is 73.4 cm³/mol. The molecule has 3 nitrogen and oxygen atoms in total. The van der Waals surface area contributed by atoms with Crippen LogP contribution in [0.2, 0.25) is 0 Å². The van der Waals surface area contributed by atoms with Gasteiger partial charge in [-0.15, -0.1) is 0 Å². The predicted octanol–water partition coefficient (Wildman–Crippen LogP) is 2.65. The van der Waals surface area contributed by atoms with Crippen LogP contribution >= 0.6 is 21.0 Å². The molecule has 0 fully saturated rings. The van der Waals surface area contributed by atoms with Gasteiger partial charge in [0, 0.05) is 6.54 Å². The maximum Gasteiger partial charge on any atom is 0.308 e. The highest BCUT2D eigenvalue weighted by atomic mass is 127. The molecule has 0 amide bonds. The molecule has 0 aliphatic carbocycles. The van der Waals surface area contributed by atoms with E-state index in [1.807, 2.05) is 13.8 Å². The van der Waals surface area contributed by atoms with E-state index < -0.39 is 0 Å². The minimum Gasteiger partial charge on any atom is -0.466 e. The molecular formula is C11H22INO2. The average molecular weight is 327 g/mol. The third kappa shape index (κ3) is 8.99. The normalized spacial score (nSPS) is 12.4. The lowest BCUT2D eigenvalue weighted by Gasteiger charge is -2.09. The maximum atomic E-state index is 11.3. The zero-order chi connectivity index (χ0) is 11.5. The molecule has 0 aromatic heterocycles. The fourth-order valence-electron chi connectivity index (χ4n) is 1.29. The summed E-state index contributed by atoms with van der Waals surface area (Å²) in [6.07, 6.45) is 4.42. The van der Waals surface area contributed by atoms with Gasteiger partial charge in [-0.2, -0.15) is 0 Å². The zero-order valence-corrected chi connectivity index (χ0v) is 11.9. The van der Waals surface area contributed by atoms with E-state index in [-0.39, 0.29) is 32.9 Å². The number of carbonyl (C=O) groups is 1. The summed E-state index contributed by atoms with van der Waals surface area (Å²) < 4.78 is 12.0. The summed E-state index contributed by atoms with van der Waals surface area (Å²) in [5, 5.41) is 0. The van der Waals surface area contributed by atoms with Crippen molar-refractivity contribution in [1.82, 2.24) is 3.53 Å². The molecule has 0 heterocycles. The molecule has 0 bridgehead atoms. The number of nitrogens with one attached hydrogen (secondary N) is 1. The molecule has 4 heteroatoms. The maximum absolute atomic E-state index is 11.3. The standard InChI is InChI=1S/C11H22INO2/c1-4-15-11(14)10(2)8-6-5-7-9-13-12-3/h10,13H,3-9H2,1-2H3. The third-order valence-electron chi connectivity index (χ3n) is 2.19. The Labute approximate surface area is 103 Å². The lowest BCUT2D eigenvalue weighted by molar-refractivity contribution is -0.147. The van der Waals surface area contributed by atoms with E-state index in [0.29, 0.717) is 6.61 Å². The van der Waals surface area contributed by atoms with Crippen LogP contribution in [0.1, 0.15) is 39.5 Å². The van der Waals surface area contributed by atoms with E-state index in [1.165, 1.54) is 12.8 Å². The number of carbonyl (C=O) groups excluding carboxylic acids is 1. The molecule has 0 spiro atoms.